The summed E-state index contributed by atoms with van der Waals surface area (Å²) in [6, 6.07) is 13.2. The molecule has 2 N–H and O–H groups in total. The van der Waals surface area contributed by atoms with E-state index in [1.807, 2.05) is 42.5 Å². The topological polar surface area (TPSA) is 92.7 Å². The molecule has 3 atom stereocenters. The van der Waals surface area contributed by atoms with Gasteiger partial charge in [0.1, 0.15) is 0 Å². The number of amides is 1. The number of carbonyl (C=O) groups excluding carboxylic acids is 1. The van der Waals surface area contributed by atoms with Crippen molar-refractivity contribution in [2.75, 3.05) is 6.54 Å². The number of benzene rings is 2. The highest BCUT2D eigenvalue weighted by atomic mass is 16.1. The summed E-state index contributed by atoms with van der Waals surface area (Å²) >= 11 is 0. The summed E-state index contributed by atoms with van der Waals surface area (Å²) in [5.74, 6) is 2.53. The van der Waals surface area contributed by atoms with Crippen molar-refractivity contribution in [1.82, 2.24) is 25.3 Å². The second-order valence-electron chi connectivity index (χ2n) is 10.1. The van der Waals surface area contributed by atoms with Crippen LogP contribution in [0.4, 0.5) is 0 Å². The van der Waals surface area contributed by atoms with Gasteiger partial charge in [0.05, 0.1) is 24.3 Å². The van der Waals surface area contributed by atoms with Crippen molar-refractivity contribution in [2.24, 2.45) is 17.8 Å². The summed E-state index contributed by atoms with van der Waals surface area (Å²) in [4.78, 5) is 26.0. The first kappa shape index (κ1) is 21.8. The van der Waals surface area contributed by atoms with Crippen LogP contribution in [0, 0.1) is 17.8 Å². The van der Waals surface area contributed by atoms with Gasteiger partial charge >= 0.3 is 0 Å². The van der Waals surface area contributed by atoms with Gasteiger partial charge < -0.3 is 5.32 Å². The van der Waals surface area contributed by atoms with Gasteiger partial charge in [0.15, 0.2) is 0 Å². The Labute approximate surface area is 203 Å². The molecule has 2 fully saturated rings. The van der Waals surface area contributed by atoms with Gasteiger partial charge in [-0.05, 0) is 72.8 Å². The van der Waals surface area contributed by atoms with Gasteiger partial charge in [0.2, 0.25) is 0 Å². The quantitative estimate of drug-likeness (QED) is 0.422. The Morgan fingerprint density at radius 1 is 1.09 bits per heavy atom. The fourth-order valence-corrected chi connectivity index (χ4v) is 6.07. The van der Waals surface area contributed by atoms with E-state index in [1.54, 1.807) is 18.6 Å². The molecule has 0 saturated heterocycles. The lowest BCUT2D eigenvalue weighted by Crippen LogP contribution is -2.27. The monoisotopic (exact) mass is 467 g/mol. The fourth-order valence-electron chi connectivity index (χ4n) is 6.07. The van der Waals surface area contributed by atoms with E-state index in [0.717, 1.165) is 52.8 Å². The van der Waals surface area contributed by atoms with Gasteiger partial charge in [-0.1, -0.05) is 30.7 Å². The Balaban J connectivity index is 1.15. The molecule has 6 rings (SSSR count). The van der Waals surface area contributed by atoms with Gasteiger partial charge in [-0.2, -0.15) is 10.2 Å². The molecule has 0 radical (unpaired) electrons. The van der Waals surface area contributed by atoms with E-state index < -0.39 is 0 Å². The molecule has 2 aromatic heterocycles. The molecule has 0 aliphatic heterocycles. The minimum atomic E-state index is -0.159. The number of hydrogen-bond donors (Lipinski definition) is 2. The normalized spacial score (nSPS) is 21.0. The summed E-state index contributed by atoms with van der Waals surface area (Å²) < 4.78 is 1.45. The maximum atomic E-state index is 13.2. The molecule has 2 aliphatic rings. The van der Waals surface area contributed by atoms with Crippen molar-refractivity contribution in [3.8, 4) is 11.1 Å². The Kier molecular flexibility index (Phi) is 5.68. The van der Waals surface area contributed by atoms with Crippen molar-refractivity contribution >= 4 is 16.7 Å². The predicted octanol–water partition coefficient (Wildman–Crippen LogP) is 4.39. The van der Waals surface area contributed by atoms with E-state index in [-0.39, 0.29) is 11.5 Å². The minimum Gasteiger partial charge on any atom is -0.352 e. The highest BCUT2D eigenvalue weighted by Gasteiger charge is 2.38. The van der Waals surface area contributed by atoms with Crippen LogP contribution in [0.25, 0.3) is 21.9 Å². The number of H-pyrrole nitrogens is 1. The van der Waals surface area contributed by atoms with E-state index in [1.165, 1.54) is 30.4 Å². The van der Waals surface area contributed by atoms with Crippen molar-refractivity contribution in [3.63, 3.8) is 0 Å². The fraction of sp³-hybridized carbons (Fsp3) is 0.357. The van der Waals surface area contributed by atoms with Crippen molar-refractivity contribution in [1.29, 1.82) is 0 Å². The van der Waals surface area contributed by atoms with Crippen LogP contribution < -0.4 is 10.9 Å². The first-order valence-electron chi connectivity index (χ1n) is 12.5. The molecule has 2 heterocycles. The Hall–Kier alpha value is -3.74. The lowest BCUT2D eigenvalue weighted by Gasteiger charge is -2.21. The lowest BCUT2D eigenvalue weighted by atomic mass is 9.86. The van der Waals surface area contributed by atoms with Crippen molar-refractivity contribution in [3.05, 3.63) is 82.5 Å². The number of hydrogen-bond acceptors (Lipinski definition) is 4. The third kappa shape index (κ3) is 4.38. The van der Waals surface area contributed by atoms with Crippen LogP contribution in [-0.2, 0) is 6.54 Å². The van der Waals surface area contributed by atoms with Crippen LogP contribution in [0.5, 0.6) is 0 Å². The predicted molar refractivity (Wildman–Crippen MR) is 135 cm³/mol. The van der Waals surface area contributed by atoms with Crippen molar-refractivity contribution in [2.45, 2.75) is 38.6 Å². The number of rotatable bonds is 7. The lowest BCUT2D eigenvalue weighted by molar-refractivity contribution is 0.0949. The standard InChI is InChI=1S/C28H29N5O2/c34-27(29-9-8-22-11-18-4-5-20(22)10-18)23-3-1-2-19(12-23)17-33-28(35)26-13-21(25-14-30-31-15-25)6-7-24(26)16-32-33/h1-3,6-7,12-16,18,20,22H,4-5,8-11,17H2,(H,29,34)(H,30,31). The van der Waals surface area contributed by atoms with E-state index in [2.05, 4.69) is 20.6 Å². The van der Waals surface area contributed by atoms with E-state index in [4.69, 9.17) is 0 Å². The zero-order valence-electron chi connectivity index (χ0n) is 19.6. The van der Waals surface area contributed by atoms with Gasteiger partial charge in [0.25, 0.3) is 11.5 Å². The average Bonchev–Trinajstić information content (AvgIpc) is 3.65. The molecule has 7 nitrogen and oxygen atoms in total. The maximum Gasteiger partial charge on any atom is 0.274 e. The first-order valence-corrected chi connectivity index (χ1v) is 12.5. The van der Waals surface area contributed by atoms with Gasteiger partial charge in [-0.15, -0.1) is 0 Å². The molecule has 2 aromatic carbocycles. The second kappa shape index (κ2) is 9.13. The SMILES string of the molecule is O=C(NCCC1CC2CCC1C2)c1cccc(Cn2ncc3ccc(-c4cn[nH]c4)cc3c2=O)c1. The molecule has 7 heteroatoms. The largest absolute Gasteiger partial charge is 0.352 e. The summed E-state index contributed by atoms with van der Waals surface area (Å²) in [5, 5.41) is 15.7. The number of aromatic nitrogens is 4. The number of nitrogens with zero attached hydrogens (tertiary/aromatic N) is 3. The van der Waals surface area contributed by atoms with Crippen LogP contribution in [-0.4, -0.2) is 32.4 Å². The summed E-state index contributed by atoms with van der Waals surface area (Å²) in [6.45, 7) is 1.03. The van der Waals surface area contributed by atoms with Crippen LogP contribution in [0.1, 0.15) is 48.0 Å². The van der Waals surface area contributed by atoms with E-state index >= 15 is 0 Å². The molecular formula is C28H29N5O2. The van der Waals surface area contributed by atoms with E-state index in [9.17, 15) is 9.59 Å². The average molecular weight is 468 g/mol. The second-order valence-corrected chi connectivity index (χ2v) is 10.1. The number of fused-ring (bicyclic) bond motifs is 3. The Morgan fingerprint density at radius 3 is 2.83 bits per heavy atom. The number of nitrogens with one attached hydrogen (secondary N) is 2. The van der Waals surface area contributed by atoms with Gasteiger partial charge in [0, 0.05) is 29.3 Å². The van der Waals surface area contributed by atoms with Gasteiger partial charge in [-0.3, -0.25) is 14.7 Å². The molecule has 4 aromatic rings. The Bertz CT molecular complexity index is 1430. The zero-order chi connectivity index (χ0) is 23.8. The van der Waals surface area contributed by atoms with Crippen LogP contribution in [0.15, 0.2) is 65.8 Å². The molecule has 2 bridgehead atoms. The smallest absolute Gasteiger partial charge is 0.274 e. The third-order valence-corrected chi connectivity index (χ3v) is 7.89. The zero-order valence-corrected chi connectivity index (χ0v) is 19.6. The van der Waals surface area contributed by atoms with Crippen LogP contribution in [0.2, 0.25) is 0 Å². The Morgan fingerprint density at radius 2 is 2.03 bits per heavy atom. The van der Waals surface area contributed by atoms with Crippen LogP contribution in [0.3, 0.4) is 0 Å². The maximum absolute atomic E-state index is 13.2. The molecule has 0 spiro atoms. The molecule has 2 aliphatic carbocycles. The number of aromatic amines is 1. The molecule has 2 saturated carbocycles. The summed E-state index contributed by atoms with van der Waals surface area (Å²) in [5.41, 5.74) is 3.17. The summed E-state index contributed by atoms with van der Waals surface area (Å²) in [6.07, 6.45) is 11.8. The highest BCUT2D eigenvalue weighted by molar-refractivity contribution is 5.94. The number of carbonyl (C=O) groups is 1. The molecule has 35 heavy (non-hydrogen) atoms. The molecule has 3 unspecified atom stereocenters. The van der Waals surface area contributed by atoms with E-state index in [0.29, 0.717) is 17.5 Å². The molecular weight excluding hydrogens is 438 g/mol. The summed E-state index contributed by atoms with van der Waals surface area (Å²) in [7, 11) is 0. The highest BCUT2D eigenvalue weighted by Crippen LogP contribution is 2.49. The van der Waals surface area contributed by atoms with Gasteiger partial charge in [-0.25, -0.2) is 4.68 Å². The third-order valence-electron chi connectivity index (χ3n) is 7.89. The van der Waals surface area contributed by atoms with Crippen molar-refractivity contribution < 1.29 is 4.79 Å². The molecule has 178 valence electrons. The first-order chi connectivity index (χ1) is 17.1. The van der Waals surface area contributed by atoms with Crippen LogP contribution >= 0.6 is 0 Å². The molecule has 1 amide bonds. The minimum absolute atomic E-state index is 0.0569.